The van der Waals surface area contributed by atoms with Crippen molar-refractivity contribution in [3.63, 3.8) is 0 Å². The summed E-state index contributed by atoms with van der Waals surface area (Å²) < 4.78 is 0. The van der Waals surface area contributed by atoms with E-state index in [-0.39, 0.29) is 11.6 Å². The second kappa shape index (κ2) is 6.02. The fraction of sp³-hybridized carbons (Fsp3) is 1.00. The highest BCUT2D eigenvalue weighted by molar-refractivity contribution is 4.98. The van der Waals surface area contributed by atoms with Gasteiger partial charge in [0.25, 0.3) is 0 Å². The van der Waals surface area contributed by atoms with Crippen molar-refractivity contribution in [1.29, 1.82) is 0 Å². The largest absolute Gasteiger partial charge is 0.391 e. The first kappa shape index (κ1) is 14.0. The maximum Gasteiger partial charge on any atom is 0.0748 e. The lowest BCUT2D eigenvalue weighted by molar-refractivity contribution is -0.0555. The van der Waals surface area contributed by atoms with Crippen molar-refractivity contribution < 1.29 is 5.11 Å². The van der Waals surface area contributed by atoms with Gasteiger partial charge in [-0.1, -0.05) is 34.1 Å². The fourth-order valence-electron chi connectivity index (χ4n) is 3.22. The van der Waals surface area contributed by atoms with Crippen molar-refractivity contribution in [1.82, 2.24) is 4.90 Å². The highest BCUT2D eigenvalue weighted by atomic mass is 16.3. The van der Waals surface area contributed by atoms with Gasteiger partial charge in [0, 0.05) is 5.54 Å². The first-order valence-corrected chi connectivity index (χ1v) is 7.05. The van der Waals surface area contributed by atoms with Crippen molar-refractivity contribution in [3.05, 3.63) is 0 Å². The average molecular weight is 227 g/mol. The van der Waals surface area contributed by atoms with E-state index in [1.807, 2.05) is 0 Å². The number of aliphatic hydroxyl groups excluding tert-OH is 1. The van der Waals surface area contributed by atoms with Crippen LogP contribution < -0.4 is 0 Å². The van der Waals surface area contributed by atoms with E-state index in [1.165, 1.54) is 25.9 Å². The molecule has 16 heavy (non-hydrogen) atoms. The van der Waals surface area contributed by atoms with Gasteiger partial charge in [-0.25, -0.2) is 0 Å². The molecule has 0 radical (unpaired) electrons. The SMILES string of the molecule is CCC(C)C(O)C(CC)(CC)N1CCCC1. The van der Waals surface area contributed by atoms with Crippen LogP contribution >= 0.6 is 0 Å². The van der Waals surface area contributed by atoms with Crippen LogP contribution in [0.4, 0.5) is 0 Å². The lowest BCUT2D eigenvalue weighted by Gasteiger charge is -2.46. The number of hydrogen-bond donors (Lipinski definition) is 1. The van der Waals surface area contributed by atoms with Gasteiger partial charge >= 0.3 is 0 Å². The van der Waals surface area contributed by atoms with E-state index in [9.17, 15) is 5.11 Å². The average Bonchev–Trinajstić information content (AvgIpc) is 2.84. The smallest absolute Gasteiger partial charge is 0.0748 e. The minimum absolute atomic E-state index is 0.0337. The Hall–Kier alpha value is -0.0800. The summed E-state index contributed by atoms with van der Waals surface area (Å²) in [6, 6.07) is 0. The lowest BCUT2D eigenvalue weighted by Crippen LogP contribution is -2.57. The molecule has 1 fully saturated rings. The molecule has 1 aliphatic heterocycles. The van der Waals surface area contributed by atoms with Gasteiger partial charge in [-0.3, -0.25) is 4.90 Å². The summed E-state index contributed by atoms with van der Waals surface area (Å²) >= 11 is 0. The minimum Gasteiger partial charge on any atom is -0.391 e. The lowest BCUT2D eigenvalue weighted by atomic mass is 9.78. The molecule has 2 heteroatoms. The monoisotopic (exact) mass is 227 g/mol. The molecule has 1 aliphatic rings. The summed E-state index contributed by atoms with van der Waals surface area (Å²) in [6.45, 7) is 11.2. The number of nitrogens with zero attached hydrogens (tertiary/aromatic N) is 1. The number of rotatable bonds is 6. The van der Waals surface area contributed by atoms with Gasteiger partial charge in [-0.15, -0.1) is 0 Å². The Labute approximate surface area is 101 Å². The predicted octanol–water partition coefficient (Wildman–Crippen LogP) is 3.05. The zero-order valence-electron chi connectivity index (χ0n) is 11.5. The van der Waals surface area contributed by atoms with Crippen LogP contribution in [0.2, 0.25) is 0 Å². The van der Waals surface area contributed by atoms with Gasteiger partial charge in [-0.2, -0.15) is 0 Å². The van der Waals surface area contributed by atoms with E-state index in [0.29, 0.717) is 5.92 Å². The van der Waals surface area contributed by atoms with Crippen LogP contribution in [-0.4, -0.2) is 34.7 Å². The molecule has 0 aromatic carbocycles. The van der Waals surface area contributed by atoms with E-state index in [4.69, 9.17) is 0 Å². The molecule has 0 bridgehead atoms. The summed E-state index contributed by atoms with van der Waals surface area (Å²) in [5.74, 6) is 0.403. The number of likely N-dealkylation sites (tertiary alicyclic amines) is 1. The minimum atomic E-state index is -0.175. The quantitative estimate of drug-likeness (QED) is 0.754. The molecule has 1 rings (SSSR count). The molecule has 0 aliphatic carbocycles. The third-order valence-electron chi connectivity index (χ3n) is 4.69. The molecule has 2 atom stereocenters. The highest BCUT2D eigenvalue weighted by Gasteiger charge is 2.42. The second-order valence-electron chi connectivity index (χ2n) is 5.34. The first-order valence-electron chi connectivity index (χ1n) is 7.05. The maximum atomic E-state index is 10.6. The summed E-state index contributed by atoms with van der Waals surface area (Å²) in [7, 11) is 0. The first-order chi connectivity index (χ1) is 7.62. The molecular formula is C14H29NO. The van der Waals surface area contributed by atoms with Crippen LogP contribution in [-0.2, 0) is 0 Å². The molecule has 0 aromatic rings. The Morgan fingerprint density at radius 1 is 1.12 bits per heavy atom. The zero-order valence-corrected chi connectivity index (χ0v) is 11.5. The normalized spacial score (nSPS) is 22.3. The predicted molar refractivity (Wildman–Crippen MR) is 69.6 cm³/mol. The Kier molecular flexibility index (Phi) is 5.26. The van der Waals surface area contributed by atoms with Crippen LogP contribution in [0.15, 0.2) is 0 Å². The molecule has 2 nitrogen and oxygen atoms in total. The van der Waals surface area contributed by atoms with Crippen LogP contribution in [0.25, 0.3) is 0 Å². The van der Waals surface area contributed by atoms with Crippen LogP contribution in [0.3, 0.4) is 0 Å². The van der Waals surface area contributed by atoms with Crippen molar-refractivity contribution in [2.75, 3.05) is 13.1 Å². The third-order valence-corrected chi connectivity index (χ3v) is 4.69. The van der Waals surface area contributed by atoms with Crippen molar-refractivity contribution in [3.8, 4) is 0 Å². The number of aliphatic hydroxyl groups is 1. The second-order valence-corrected chi connectivity index (χ2v) is 5.34. The van der Waals surface area contributed by atoms with E-state index in [1.54, 1.807) is 0 Å². The van der Waals surface area contributed by atoms with Gasteiger partial charge in [0.05, 0.1) is 6.10 Å². The Morgan fingerprint density at radius 3 is 2.00 bits per heavy atom. The molecule has 0 saturated carbocycles. The molecule has 0 spiro atoms. The standard InChI is InChI=1S/C14H29NO/c1-5-12(4)13(16)14(6-2,7-3)15-10-8-9-11-15/h12-13,16H,5-11H2,1-4H3. The van der Waals surface area contributed by atoms with Gasteiger partial charge in [0.15, 0.2) is 0 Å². The van der Waals surface area contributed by atoms with Crippen LogP contribution in [0.5, 0.6) is 0 Å². The van der Waals surface area contributed by atoms with Gasteiger partial charge in [0.1, 0.15) is 0 Å². The Balaban J connectivity index is 2.84. The van der Waals surface area contributed by atoms with Crippen LogP contribution in [0, 0.1) is 5.92 Å². The van der Waals surface area contributed by atoms with Crippen molar-refractivity contribution in [2.45, 2.75) is 71.4 Å². The topological polar surface area (TPSA) is 23.5 Å². The van der Waals surface area contributed by atoms with Crippen molar-refractivity contribution in [2.24, 2.45) is 5.92 Å². The molecule has 1 saturated heterocycles. The molecule has 1 heterocycles. The van der Waals surface area contributed by atoms with Gasteiger partial charge in [0.2, 0.25) is 0 Å². The third kappa shape index (κ3) is 2.43. The van der Waals surface area contributed by atoms with Gasteiger partial charge < -0.3 is 5.11 Å². The molecule has 96 valence electrons. The van der Waals surface area contributed by atoms with E-state index in [2.05, 4.69) is 32.6 Å². The Bertz CT molecular complexity index is 195. The number of hydrogen-bond acceptors (Lipinski definition) is 2. The van der Waals surface area contributed by atoms with E-state index < -0.39 is 0 Å². The Morgan fingerprint density at radius 2 is 1.62 bits per heavy atom. The van der Waals surface area contributed by atoms with E-state index >= 15 is 0 Å². The molecule has 0 aromatic heterocycles. The fourth-order valence-corrected chi connectivity index (χ4v) is 3.22. The molecule has 0 amide bonds. The maximum absolute atomic E-state index is 10.6. The summed E-state index contributed by atoms with van der Waals surface area (Å²) in [5.41, 5.74) is 0.0337. The van der Waals surface area contributed by atoms with Gasteiger partial charge in [-0.05, 0) is 44.7 Å². The van der Waals surface area contributed by atoms with E-state index in [0.717, 1.165) is 19.3 Å². The molecule has 1 N–H and O–H groups in total. The molecule has 2 unspecified atom stereocenters. The zero-order chi connectivity index (χ0) is 12.2. The molecular weight excluding hydrogens is 198 g/mol. The summed E-state index contributed by atoms with van der Waals surface area (Å²) in [5, 5.41) is 10.6. The summed E-state index contributed by atoms with van der Waals surface area (Å²) in [4.78, 5) is 2.55. The van der Waals surface area contributed by atoms with Crippen LogP contribution in [0.1, 0.15) is 59.8 Å². The van der Waals surface area contributed by atoms with Crippen molar-refractivity contribution >= 4 is 0 Å². The highest BCUT2D eigenvalue weighted by Crippen LogP contribution is 2.35. The summed E-state index contributed by atoms with van der Waals surface area (Å²) in [6.07, 6.45) is 5.62.